The van der Waals surface area contributed by atoms with Crippen molar-refractivity contribution in [1.82, 2.24) is 9.80 Å². The van der Waals surface area contributed by atoms with Gasteiger partial charge in [-0.2, -0.15) is 0 Å². The molecule has 2 rings (SSSR count). The Hall–Kier alpha value is -0.610. The maximum absolute atomic E-state index is 12.3. The summed E-state index contributed by atoms with van der Waals surface area (Å²) in [6, 6.07) is 5.80. The SMILES string of the molecule is CCC1CN(CCC(=O)c2cccc(Cl)c2Cl)CCN1C. The summed E-state index contributed by atoms with van der Waals surface area (Å²) >= 11 is 12.1. The van der Waals surface area contributed by atoms with Crippen LogP contribution in [-0.4, -0.2) is 54.9 Å². The molecule has 1 aromatic carbocycles. The number of benzene rings is 1. The van der Waals surface area contributed by atoms with Crippen LogP contribution in [0.4, 0.5) is 0 Å². The molecular weight excluding hydrogens is 307 g/mol. The monoisotopic (exact) mass is 328 g/mol. The van der Waals surface area contributed by atoms with Crippen molar-refractivity contribution in [2.24, 2.45) is 0 Å². The van der Waals surface area contributed by atoms with E-state index in [1.807, 2.05) is 0 Å². The maximum atomic E-state index is 12.3. The van der Waals surface area contributed by atoms with Crippen LogP contribution < -0.4 is 0 Å². The third-order valence-electron chi connectivity index (χ3n) is 4.24. The van der Waals surface area contributed by atoms with E-state index in [0.717, 1.165) is 32.6 Å². The third-order valence-corrected chi connectivity index (χ3v) is 5.06. The summed E-state index contributed by atoms with van der Waals surface area (Å²) in [6.07, 6.45) is 1.63. The van der Waals surface area contributed by atoms with Crippen LogP contribution in [-0.2, 0) is 0 Å². The van der Waals surface area contributed by atoms with Gasteiger partial charge in [-0.15, -0.1) is 0 Å². The number of carbonyl (C=O) groups excluding carboxylic acids is 1. The zero-order valence-corrected chi connectivity index (χ0v) is 14.1. The highest BCUT2D eigenvalue weighted by Crippen LogP contribution is 2.26. The molecule has 3 nitrogen and oxygen atoms in total. The molecule has 1 saturated heterocycles. The molecule has 21 heavy (non-hydrogen) atoms. The number of carbonyl (C=O) groups is 1. The first-order valence-corrected chi connectivity index (χ1v) is 8.18. The van der Waals surface area contributed by atoms with E-state index in [-0.39, 0.29) is 5.78 Å². The standard InChI is InChI=1S/C16H22Cl2N2O/c1-3-12-11-20(10-9-19(12)2)8-7-15(21)13-5-4-6-14(17)16(13)18/h4-6,12H,3,7-11H2,1-2H3. The van der Waals surface area contributed by atoms with Crippen molar-refractivity contribution in [3.05, 3.63) is 33.8 Å². The molecule has 0 spiro atoms. The molecule has 0 N–H and O–H groups in total. The molecule has 1 atom stereocenters. The summed E-state index contributed by atoms with van der Waals surface area (Å²) in [5.41, 5.74) is 0.533. The quantitative estimate of drug-likeness (QED) is 0.771. The van der Waals surface area contributed by atoms with Gasteiger partial charge in [-0.1, -0.05) is 36.2 Å². The van der Waals surface area contributed by atoms with Crippen LogP contribution in [0.25, 0.3) is 0 Å². The Morgan fingerprint density at radius 3 is 2.81 bits per heavy atom. The van der Waals surface area contributed by atoms with Gasteiger partial charge in [-0.25, -0.2) is 0 Å². The minimum atomic E-state index is 0.0643. The second kappa shape index (κ2) is 7.59. The molecule has 1 fully saturated rings. The number of halogens is 2. The second-order valence-electron chi connectivity index (χ2n) is 5.62. The molecule has 5 heteroatoms. The third kappa shape index (κ3) is 4.19. The van der Waals surface area contributed by atoms with E-state index >= 15 is 0 Å². The Kier molecular flexibility index (Phi) is 6.06. The summed E-state index contributed by atoms with van der Waals surface area (Å²) in [4.78, 5) is 17.1. The minimum absolute atomic E-state index is 0.0643. The first-order valence-electron chi connectivity index (χ1n) is 7.42. The normalized spacial score (nSPS) is 20.7. The fraction of sp³-hybridized carbons (Fsp3) is 0.562. The van der Waals surface area contributed by atoms with Gasteiger partial charge in [-0.3, -0.25) is 4.79 Å². The second-order valence-corrected chi connectivity index (χ2v) is 6.40. The Morgan fingerprint density at radius 2 is 2.10 bits per heavy atom. The summed E-state index contributed by atoms with van der Waals surface area (Å²) in [5, 5.41) is 0.808. The van der Waals surface area contributed by atoms with Crippen molar-refractivity contribution in [2.45, 2.75) is 25.8 Å². The van der Waals surface area contributed by atoms with Crippen molar-refractivity contribution >= 4 is 29.0 Å². The van der Waals surface area contributed by atoms with Gasteiger partial charge in [0.25, 0.3) is 0 Å². The van der Waals surface area contributed by atoms with E-state index in [2.05, 4.69) is 23.8 Å². The van der Waals surface area contributed by atoms with Crippen LogP contribution in [0, 0.1) is 0 Å². The molecule has 0 aliphatic carbocycles. The molecular formula is C16H22Cl2N2O. The molecule has 0 aromatic heterocycles. The first-order chi connectivity index (χ1) is 10.0. The Bertz CT molecular complexity index is 507. The number of hydrogen-bond acceptors (Lipinski definition) is 3. The molecule has 1 unspecified atom stereocenters. The van der Waals surface area contributed by atoms with Gasteiger partial charge < -0.3 is 9.80 Å². The highest BCUT2D eigenvalue weighted by atomic mass is 35.5. The van der Waals surface area contributed by atoms with Crippen molar-refractivity contribution in [3.8, 4) is 0 Å². The fourth-order valence-corrected chi connectivity index (χ4v) is 3.17. The summed E-state index contributed by atoms with van der Waals surface area (Å²) in [7, 11) is 2.17. The average molecular weight is 329 g/mol. The number of nitrogens with zero attached hydrogens (tertiary/aromatic N) is 2. The van der Waals surface area contributed by atoms with Crippen LogP contribution in [0.3, 0.4) is 0 Å². The van der Waals surface area contributed by atoms with E-state index in [1.165, 1.54) is 0 Å². The first kappa shape index (κ1) is 16.8. The van der Waals surface area contributed by atoms with E-state index in [9.17, 15) is 4.79 Å². The number of likely N-dealkylation sites (N-methyl/N-ethyl adjacent to an activating group) is 1. The predicted octanol–water partition coefficient (Wildman–Crippen LogP) is 3.59. The highest BCUT2D eigenvalue weighted by molar-refractivity contribution is 6.43. The molecule has 1 aromatic rings. The van der Waals surface area contributed by atoms with E-state index < -0.39 is 0 Å². The topological polar surface area (TPSA) is 23.6 Å². The lowest BCUT2D eigenvalue weighted by Crippen LogP contribution is -2.51. The van der Waals surface area contributed by atoms with Crippen molar-refractivity contribution < 1.29 is 4.79 Å². The lowest BCUT2D eigenvalue weighted by molar-refractivity contribution is 0.0824. The summed E-state index contributed by atoms with van der Waals surface area (Å²) in [6.45, 7) is 6.10. The van der Waals surface area contributed by atoms with Gasteiger partial charge in [0, 0.05) is 44.2 Å². The lowest BCUT2D eigenvalue weighted by atomic mass is 10.1. The minimum Gasteiger partial charge on any atom is -0.301 e. The highest BCUT2D eigenvalue weighted by Gasteiger charge is 2.23. The molecule has 0 saturated carbocycles. The molecule has 1 aliphatic heterocycles. The van der Waals surface area contributed by atoms with Gasteiger partial charge in [0.15, 0.2) is 5.78 Å². The van der Waals surface area contributed by atoms with Crippen molar-refractivity contribution in [1.29, 1.82) is 0 Å². The zero-order chi connectivity index (χ0) is 15.4. The molecule has 116 valence electrons. The summed E-state index contributed by atoms with van der Waals surface area (Å²) in [5.74, 6) is 0.0643. The molecule has 1 aliphatic rings. The van der Waals surface area contributed by atoms with E-state index in [0.29, 0.717) is 28.1 Å². The van der Waals surface area contributed by atoms with Crippen LogP contribution in [0.1, 0.15) is 30.1 Å². The Balaban J connectivity index is 1.91. The van der Waals surface area contributed by atoms with Gasteiger partial charge in [-0.05, 0) is 25.6 Å². The van der Waals surface area contributed by atoms with Crippen LogP contribution in [0.5, 0.6) is 0 Å². The van der Waals surface area contributed by atoms with E-state index in [1.54, 1.807) is 18.2 Å². The zero-order valence-electron chi connectivity index (χ0n) is 12.6. The smallest absolute Gasteiger partial charge is 0.165 e. The lowest BCUT2D eigenvalue weighted by Gasteiger charge is -2.39. The Morgan fingerprint density at radius 1 is 1.33 bits per heavy atom. The molecule has 0 radical (unpaired) electrons. The van der Waals surface area contributed by atoms with E-state index in [4.69, 9.17) is 23.2 Å². The van der Waals surface area contributed by atoms with Crippen molar-refractivity contribution in [2.75, 3.05) is 33.2 Å². The maximum Gasteiger partial charge on any atom is 0.165 e. The van der Waals surface area contributed by atoms with Gasteiger partial charge in [0.05, 0.1) is 10.0 Å². The fourth-order valence-electron chi connectivity index (χ4n) is 2.77. The molecule has 1 heterocycles. The summed E-state index contributed by atoms with van der Waals surface area (Å²) < 4.78 is 0. The van der Waals surface area contributed by atoms with Gasteiger partial charge in [0.1, 0.15) is 0 Å². The van der Waals surface area contributed by atoms with Crippen LogP contribution >= 0.6 is 23.2 Å². The molecule has 0 bridgehead atoms. The Labute approximate surface area is 136 Å². The molecule has 0 amide bonds. The predicted molar refractivity (Wildman–Crippen MR) is 88.6 cm³/mol. The number of rotatable bonds is 5. The average Bonchev–Trinajstić information content (AvgIpc) is 2.49. The van der Waals surface area contributed by atoms with Crippen LogP contribution in [0.15, 0.2) is 18.2 Å². The number of hydrogen-bond donors (Lipinski definition) is 0. The number of ketones is 1. The number of piperazine rings is 1. The van der Waals surface area contributed by atoms with Gasteiger partial charge >= 0.3 is 0 Å². The van der Waals surface area contributed by atoms with Crippen molar-refractivity contribution in [3.63, 3.8) is 0 Å². The van der Waals surface area contributed by atoms with Gasteiger partial charge in [0.2, 0.25) is 0 Å². The van der Waals surface area contributed by atoms with Crippen LogP contribution in [0.2, 0.25) is 10.0 Å². The number of Topliss-reactive ketones (excluding diaryl/α,β-unsaturated/α-hetero) is 1. The largest absolute Gasteiger partial charge is 0.301 e.